The summed E-state index contributed by atoms with van der Waals surface area (Å²) in [6.07, 6.45) is 4.36. The fourth-order valence-electron chi connectivity index (χ4n) is 2.30. The first-order chi connectivity index (χ1) is 10.3. The molecule has 0 bridgehead atoms. The number of nitrogens with zero attached hydrogens (tertiary/aromatic N) is 3. The summed E-state index contributed by atoms with van der Waals surface area (Å²) in [4.78, 5) is 17.9. The molecule has 0 unspecified atom stereocenters. The largest absolute Gasteiger partial charge is 0.357 e. The van der Waals surface area contributed by atoms with Crippen LogP contribution in [0.5, 0.6) is 0 Å². The van der Waals surface area contributed by atoms with Crippen molar-refractivity contribution in [3.8, 4) is 0 Å². The van der Waals surface area contributed by atoms with Crippen LogP contribution in [0.1, 0.15) is 31.9 Å². The summed E-state index contributed by atoms with van der Waals surface area (Å²) < 4.78 is 0. The Morgan fingerprint density at radius 2 is 2.43 bits per heavy atom. The quantitative estimate of drug-likeness (QED) is 0.387. The smallest absolute Gasteiger partial charge is 0.222 e. The van der Waals surface area contributed by atoms with Gasteiger partial charge < -0.3 is 15.5 Å². The number of H-pyrrole nitrogens is 1. The fourth-order valence-corrected chi connectivity index (χ4v) is 2.30. The molecule has 1 saturated heterocycles. The van der Waals surface area contributed by atoms with Crippen molar-refractivity contribution in [1.82, 2.24) is 25.7 Å². The van der Waals surface area contributed by atoms with Crippen LogP contribution in [-0.2, 0) is 11.3 Å². The first-order valence-corrected chi connectivity index (χ1v) is 7.58. The monoisotopic (exact) mass is 292 g/mol. The second-order valence-corrected chi connectivity index (χ2v) is 5.04. The molecule has 1 aliphatic heterocycles. The number of guanidine groups is 1. The van der Waals surface area contributed by atoms with Crippen molar-refractivity contribution >= 4 is 11.9 Å². The molecule has 3 N–H and O–H groups in total. The number of nitrogens with one attached hydrogen (secondary N) is 3. The van der Waals surface area contributed by atoms with E-state index in [2.05, 4.69) is 25.8 Å². The van der Waals surface area contributed by atoms with Crippen molar-refractivity contribution in [2.45, 2.75) is 32.7 Å². The van der Waals surface area contributed by atoms with Crippen molar-refractivity contribution < 1.29 is 4.79 Å². The maximum Gasteiger partial charge on any atom is 0.222 e. The molecule has 0 aromatic carbocycles. The van der Waals surface area contributed by atoms with Gasteiger partial charge in [-0.1, -0.05) is 0 Å². The number of carbonyl (C=O) groups excluding carboxylic acids is 1. The molecule has 7 nitrogen and oxygen atoms in total. The molecule has 0 saturated carbocycles. The van der Waals surface area contributed by atoms with Crippen LogP contribution in [0.3, 0.4) is 0 Å². The molecule has 0 radical (unpaired) electrons. The van der Waals surface area contributed by atoms with Gasteiger partial charge in [0.25, 0.3) is 0 Å². The highest BCUT2D eigenvalue weighted by molar-refractivity contribution is 5.79. The summed E-state index contributed by atoms with van der Waals surface area (Å²) in [5.74, 6) is 1.08. The van der Waals surface area contributed by atoms with E-state index < -0.39 is 0 Å². The molecule has 1 aliphatic rings. The summed E-state index contributed by atoms with van der Waals surface area (Å²) in [7, 11) is 0. The summed E-state index contributed by atoms with van der Waals surface area (Å²) >= 11 is 0. The van der Waals surface area contributed by atoms with E-state index in [4.69, 9.17) is 0 Å². The predicted octanol–water partition coefficient (Wildman–Crippen LogP) is 0.477. The Kier molecular flexibility index (Phi) is 6.05. The van der Waals surface area contributed by atoms with Crippen molar-refractivity contribution in [3.05, 3.63) is 18.0 Å². The first kappa shape index (κ1) is 15.3. The average molecular weight is 292 g/mol. The van der Waals surface area contributed by atoms with Gasteiger partial charge in [-0.15, -0.1) is 0 Å². The van der Waals surface area contributed by atoms with Gasteiger partial charge in [0, 0.05) is 38.8 Å². The van der Waals surface area contributed by atoms with E-state index in [0.29, 0.717) is 13.0 Å². The Bertz CT molecular complexity index is 456. The minimum Gasteiger partial charge on any atom is -0.357 e. The van der Waals surface area contributed by atoms with Crippen LogP contribution in [0.2, 0.25) is 0 Å². The summed E-state index contributed by atoms with van der Waals surface area (Å²) in [5.41, 5.74) is 0.981. The molecule has 2 rings (SSSR count). The van der Waals surface area contributed by atoms with Gasteiger partial charge in [-0.2, -0.15) is 5.10 Å². The highest BCUT2D eigenvalue weighted by Gasteiger charge is 2.18. The number of amides is 1. The normalized spacial score (nSPS) is 15.6. The van der Waals surface area contributed by atoms with Crippen molar-refractivity contribution in [1.29, 1.82) is 0 Å². The van der Waals surface area contributed by atoms with Crippen molar-refractivity contribution in [2.75, 3.05) is 26.2 Å². The minimum absolute atomic E-state index is 0.287. The second-order valence-electron chi connectivity index (χ2n) is 5.04. The predicted molar refractivity (Wildman–Crippen MR) is 81.8 cm³/mol. The Balaban J connectivity index is 1.69. The topological polar surface area (TPSA) is 85.4 Å². The second kappa shape index (κ2) is 8.28. The van der Waals surface area contributed by atoms with Crippen molar-refractivity contribution in [3.63, 3.8) is 0 Å². The standard InChI is InChI=1S/C14H24N6O/c1-2-15-14(17-11-12-6-8-18-19-12)16-7-4-10-20-9-3-5-13(20)21/h6,8H,2-5,7,9-11H2,1H3,(H,18,19)(H2,15,16,17). The minimum atomic E-state index is 0.287. The zero-order valence-corrected chi connectivity index (χ0v) is 12.6. The van der Waals surface area contributed by atoms with Crippen LogP contribution in [0.4, 0.5) is 0 Å². The lowest BCUT2D eigenvalue weighted by atomic mass is 10.4. The van der Waals surface area contributed by atoms with Crippen LogP contribution >= 0.6 is 0 Å². The van der Waals surface area contributed by atoms with Gasteiger partial charge in [-0.3, -0.25) is 9.89 Å². The van der Waals surface area contributed by atoms with E-state index in [1.54, 1.807) is 6.20 Å². The van der Waals surface area contributed by atoms with E-state index in [-0.39, 0.29) is 5.91 Å². The van der Waals surface area contributed by atoms with Crippen LogP contribution in [0.15, 0.2) is 17.3 Å². The maximum absolute atomic E-state index is 11.5. The molecular weight excluding hydrogens is 268 g/mol. The molecule has 1 aromatic rings. The fraction of sp³-hybridized carbons (Fsp3) is 0.643. The molecule has 1 amide bonds. The zero-order chi connectivity index (χ0) is 14.9. The highest BCUT2D eigenvalue weighted by Crippen LogP contribution is 2.09. The van der Waals surface area contributed by atoms with Crippen LogP contribution in [-0.4, -0.2) is 53.1 Å². The van der Waals surface area contributed by atoms with Gasteiger partial charge >= 0.3 is 0 Å². The Morgan fingerprint density at radius 1 is 1.52 bits per heavy atom. The lowest BCUT2D eigenvalue weighted by Crippen LogP contribution is -2.39. The number of hydrogen-bond acceptors (Lipinski definition) is 3. The maximum atomic E-state index is 11.5. The lowest BCUT2D eigenvalue weighted by Gasteiger charge is -2.16. The van der Waals surface area contributed by atoms with Gasteiger partial charge in [0.05, 0.1) is 12.2 Å². The molecule has 2 heterocycles. The first-order valence-electron chi connectivity index (χ1n) is 7.58. The third kappa shape index (κ3) is 5.09. The number of carbonyl (C=O) groups is 1. The summed E-state index contributed by atoms with van der Waals surface area (Å²) in [6.45, 7) is 5.97. The number of likely N-dealkylation sites (tertiary alicyclic amines) is 1. The zero-order valence-electron chi connectivity index (χ0n) is 12.6. The molecule has 0 aliphatic carbocycles. The summed E-state index contributed by atoms with van der Waals surface area (Å²) in [5, 5.41) is 13.3. The van der Waals surface area contributed by atoms with E-state index >= 15 is 0 Å². The average Bonchev–Trinajstić information content (AvgIpc) is 3.13. The van der Waals surface area contributed by atoms with Gasteiger partial charge in [0.1, 0.15) is 0 Å². The molecule has 116 valence electrons. The van der Waals surface area contributed by atoms with E-state index in [1.165, 1.54) is 0 Å². The Hall–Kier alpha value is -2.05. The van der Waals surface area contributed by atoms with Crippen molar-refractivity contribution in [2.24, 2.45) is 4.99 Å². The number of rotatable bonds is 7. The highest BCUT2D eigenvalue weighted by atomic mass is 16.2. The van der Waals surface area contributed by atoms with Gasteiger partial charge in [-0.05, 0) is 25.8 Å². The molecule has 1 fully saturated rings. The van der Waals surface area contributed by atoms with Gasteiger partial charge in [-0.25, -0.2) is 4.99 Å². The number of aliphatic imine (C=N–C) groups is 1. The van der Waals surface area contributed by atoms with E-state index in [0.717, 1.165) is 50.7 Å². The number of aromatic nitrogens is 2. The molecule has 7 heteroatoms. The molecular formula is C14H24N6O. The molecule has 0 spiro atoms. The molecule has 1 aromatic heterocycles. The Morgan fingerprint density at radius 3 is 3.10 bits per heavy atom. The van der Waals surface area contributed by atoms with Crippen LogP contribution in [0.25, 0.3) is 0 Å². The third-order valence-corrected chi connectivity index (χ3v) is 3.38. The number of aromatic amines is 1. The van der Waals surface area contributed by atoms with E-state index in [1.807, 2.05) is 17.9 Å². The van der Waals surface area contributed by atoms with Crippen LogP contribution < -0.4 is 10.6 Å². The van der Waals surface area contributed by atoms with E-state index in [9.17, 15) is 4.79 Å². The van der Waals surface area contributed by atoms with Gasteiger partial charge in [0.2, 0.25) is 5.91 Å². The van der Waals surface area contributed by atoms with Gasteiger partial charge in [0.15, 0.2) is 5.96 Å². The third-order valence-electron chi connectivity index (χ3n) is 3.38. The SMILES string of the molecule is CCNC(=NCc1ccn[nH]1)NCCCN1CCCC1=O. The number of hydrogen-bond donors (Lipinski definition) is 3. The van der Waals surface area contributed by atoms with Crippen LogP contribution in [0, 0.1) is 0 Å². The Labute approximate surface area is 125 Å². The summed E-state index contributed by atoms with van der Waals surface area (Å²) in [6, 6.07) is 1.91. The molecule has 21 heavy (non-hydrogen) atoms. The molecule has 0 atom stereocenters. The lowest BCUT2D eigenvalue weighted by molar-refractivity contribution is -0.127.